The van der Waals surface area contributed by atoms with Gasteiger partial charge in [0.25, 0.3) is 0 Å². The molecule has 0 saturated carbocycles. The lowest BCUT2D eigenvalue weighted by atomic mass is 9.95. The molecule has 0 aliphatic carbocycles. The van der Waals surface area contributed by atoms with Gasteiger partial charge in [0.05, 0.1) is 18.8 Å². The van der Waals surface area contributed by atoms with Crippen molar-refractivity contribution in [1.29, 1.82) is 0 Å². The standard InChI is InChI=1S/C15H22FNOS/c1-4-17-15(13-9-19-6-5-18-13)14-11(3)7-10(2)8-12(14)16/h7-8,13,15,17H,4-6,9H2,1-3H3. The lowest BCUT2D eigenvalue weighted by Crippen LogP contribution is -2.39. The zero-order valence-electron chi connectivity index (χ0n) is 11.8. The van der Waals surface area contributed by atoms with Gasteiger partial charge in [0.1, 0.15) is 5.82 Å². The van der Waals surface area contributed by atoms with E-state index in [4.69, 9.17) is 4.74 Å². The average Bonchev–Trinajstić information content (AvgIpc) is 2.37. The van der Waals surface area contributed by atoms with Gasteiger partial charge in [-0.1, -0.05) is 13.0 Å². The first-order valence-electron chi connectivity index (χ1n) is 6.83. The van der Waals surface area contributed by atoms with Gasteiger partial charge in [0.15, 0.2) is 0 Å². The van der Waals surface area contributed by atoms with Crippen LogP contribution in [0.15, 0.2) is 12.1 Å². The molecule has 1 N–H and O–H groups in total. The van der Waals surface area contributed by atoms with Crippen molar-refractivity contribution in [3.05, 3.63) is 34.6 Å². The fourth-order valence-corrected chi connectivity index (χ4v) is 3.56. The highest BCUT2D eigenvalue weighted by Crippen LogP contribution is 2.30. The van der Waals surface area contributed by atoms with E-state index >= 15 is 0 Å². The average molecular weight is 283 g/mol. The molecule has 0 bridgehead atoms. The van der Waals surface area contributed by atoms with Gasteiger partial charge in [-0.2, -0.15) is 11.8 Å². The molecule has 1 saturated heterocycles. The van der Waals surface area contributed by atoms with Crippen LogP contribution in [-0.4, -0.2) is 30.8 Å². The Balaban J connectivity index is 2.32. The third kappa shape index (κ3) is 3.50. The SMILES string of the molecule is CCNC(c1c(C)cc(C)cc1F)C1CSCCO1. The number of rotatable bonds is 4. The van der Waals surface area contributed by atoms with Gasteiger partial charge in [-0.05, 0) is 37.6 Å². The maximum Gasteiger partial charge on any atom is 0.128 e. The van der Waals surface area contributed by atoms with Crippen molar-refractivity contribution in [1.82, 2.24) is 5.32 Å². The minimum absolute atomic E-state index is 0.0506. The Hall–Kier alpha value is -0.580. The number of hydrogen-bond acceptors (Lipinski definition) is 3. The molecule has 1 fully saturated rings. The van der Waals surface area contributed by atoms with Crippen molar-refractivity contribution in [2.24, 2.45) is 0 Å². The summed E-state index contributed by atoms with van der Waals surface area (Å²) < 4.78 is 20.2. The first-order chi connectivity index (χ1) is 9.13. The van der Waals surface area contributed by atoms with Crippen LogP contribution in [0.5, 0.6) is 0 Å². The van der Waals surface area contributed by atoms with Crippen molar-refractivity contribution >= 4 is 11.8 Å². The molecule has 19 heavy (non-hydrogen) atoms. The van der Waals surface area contributed by atoms with Crippen LogP contribution in [0.3, 0.4) is 0 Å². The summed E-state index contributed by atoms with van der Waals surface area (Å²) in [5.74, 6) is 1.83. The zero-order valence-corrected chi connectivity index (χ0v) is 12.6. The Morgan fingerprint density at radius 1 is 1.47 bits per heavy atom. The third-order valence-electron chi connectivity index (χ3n) is 3.43. The summed E-state index contributed by atoms with van der Waals surface area (Å²) in [6.45, 7) is 7.51. The molecule has 2 atom stereocenters. The summed E-state index contributed by atoms with van der Waals surface area (Å²) in [6, 6.07) is 3.60. The Kier molecular flexibility index (Phi) is 5.25. The van der Waals surface area contributed by atoms with Crippen LogP contribution >= 0.6 is 11.8 Å². The number of thioether (sulfide) groups is 1. The van der Waals surface area contributed by atoms with Crippen LogP contribution in [0.4, 0.5) is 4.39 Å². The van der Waals surface area contributed by atoms with E-state index in [0.717, 1.165) is 41.3 Å². The normalized spacial score (nSPS) is 21.4. The van der Waals surface area contributed by atoms with Gasteiger partial charge in [0, 0.05) is 17.1 Å². The number of halogens is 1. The molecule has 1 aliphatic rings. The molecule has 0 aromatic heterocycles. The van der Waals surface area contributed by atoms with Crippen LogP contribution in [0.2, 0.25) is 0 Å². The van der Waals surface area contributed by atoms with Crippen LogP contribution in [-0.2, 0) is 4.74 Å². The van der Waals surface area contributed by atoms with Crippen molar-refractivity contribution in [2.75, 3.05) is 24.7 Å². The highest BCUT2D eigenvalue weighted by atomic mass is 32.2. The molecule has 2 rings (SSSR count). The maximum atomic E-state index is 14.3. The molecule has 106 valence electrons. The summed E-state index contributed by atoms with van der Waals surface area (Å²) in [5, 5.41) is 3.39. The van der Waals surface area contributed by atoms with Crippen molar-refractivity contribution in [2.45, 2.75) is 32.9 Å². The zero-order chi connectivity index (χ0) is 13.8. The van der Waals surface area contributed by atoms with Gasteiger partial charge >= 0.3 is 0 Å². The minimum Gasteiger partial charge on any atom is -0.375 e. The molecule has 2 unspecified atom stereocenters. The van der Waals surface area contributed by atoms with E-state index in [1.165, 1.54) is 0 Å². The molecule has 0 spiro atoms. The van der Waals surface area contributed by atoms with E-state index < -0.39 is 0 Å². The Labute approximate surface area is 119 Å². The largest absolute Gasteiger partial charge is 0.375 e. The molecule has 0 amide bonds. The van der Waals surface area contributed by atoms with Crippen molar-refractivity contribution in [3.63, 3.8) is 0 Å². The second-order valence-corrected chi connectivity index (χ2v) is 6.15. The van der Waals surface area contributed by atoms with Crippen molar-refractivity contribution < 1.29 is 9.13 Å². The maximum absolute atomic E-state index is 14.3. The molecule has 1 aliphatic heterocycles. The van der Waals surface area contributed by atoms with E-state index in [0.29, 0.717) is 0 Å². The van der Waals surface area contributed by atoms with Crippen LogP contribution in [0.25, 0.3) is 0 Å². The first kappa shape index (κ1) is 14.8. The summed E-state index contributed by atoms with van der Waals surface area (Å²) in [7, 11) is 0. The molecular formula is C15H22FNOS. The monoisotopic (exact) mass is 283 g/mol. The number of ether oxygens (including phenoxy) is 1. The van der Waals surface area contributed by atoms with E-state index in [1.54, 1.807) is 6.07 Å². The topological polar surface area (TPSA) is 21.3 Å². The molecule has 1 aromatic rings. The predicted octanol–water partition coefficient (Wildman–Crippen LogP) is 3.23. The van der Waals surface area contributed by atoms with E-state index in [-0.39, 0.29) is 18.0 Å². The number of likely N-dealkylation sites (N-methyl/N-ethyl adjacent to an activating group) is 1. The van der Waals surface area contributed by atoms with Crippen LogP contribution < -0.4 is 5.32 Å². The highest BCUT2D eigenvalue weighted by Gasteiger charge is 2.29. The summed E-state index contributed by atoms with van der Waals surface area (Å²) in [4.78, 5) is 0. The molecule has 2 nitrogen and oxygen atoms in total. The molecule has 0 radical (unpaired) electrons. The number of nitrogens with one attached hydrogen (secondary N) is 1. The van der Waals surface area contributed by atoms with Gasteiger partial charge in [0.2, 0.25) is 0 Å². The fourth-order valence-electron chi connectivity index (χ4n) is 2.66. The van der Waals surface area contributed by atoms with Gasteiger partial charge < -0.3 is 10.1 Å². The van der Waals surface area contributed by atoms with Gasteiger partial charge in [-0.25, -0.2) is 4.39 Å². The fraction of sp³-hybridized carbons (Fsp3) is 0.600. The Bertz CT molecular complexity index is 409. The van der Waals surface area contributed by atoms with Gasteiger partial charge in [-0.15, -0.1) is 0 Å². The van der Waals surface area contributed by atoms with E-state index in [2.05, 4.69) is 5.32 Å². The van der Waals surface area contributed by atoms with Crippen molar-refractivity contribution in [3.8, 4) is 0 Å². The lowest BCUT2D eigenvalue weighted by Gasteiger charge is -2.32. The number of hydrogen-bond donors (Lipinski definition) is 1. The predicted molar refractivity (Wildman–Crippen MR) is 79.4 cm³/mol. The smallest absolute Gasteiger partial charge is 0.128 e. The lowest BCUT2D eigenvalue weighted by molar-refractivity contribution is 0.0461. The van der Waals surface area contributed by atoms with Crippen LogP contribution in [0.1, 0.15) is 29.7 Å². The van der Waals surface area contributed by atoms with E-state index in [1.807, 2.05) is 38.6 Å². The Morgan fingerprint density at radius 3 is 2.84 bits per heavy atom. The third-order valence-corrected chi connectivity index (χ3v) is 4.45. The summed E-state index contributed by atoms with van der Waals surface area (Å²) in [6.07, 6.45) is 0.0506. The number of aryl methyl sites for hydroxylation is 2. The highest BCUT2D eigenvalue weighted by molar-refractivity contribution is 7.99. The Morgan fingerprint density at radius 2 is 2.26 bits per heavy atom. The first-order valence-corrected chi connectivity index (χ1v) is 7.98. The van der Waals surface area contributed by atoms with Crippen LogP contribution in [0, 0.1) is 19.7 Å². The quantitative estimate of drug-likeness (QED) is 0.916. The molecular weight excluding hydrogens is 261 g/mol. The summed E-state index contributed by atoms with van der Waals surface area (Å²) >= 11 is 1.88. The molecule has 4 heteroatoms. The second-order valence-electron chi connectivity index (χ2n) is 5.00. The van der Waals surface area contributed by atoms with Gasteiger partial charge in [-0.3, -0.25) is 0 Å². The molecule has 1 heterocycles. The number of benzene rings is 1. The molecule has 1 aromatic carbocycles. The van der Waals surface area contributed by atoms with E-state index in [9.17, 15) is 4.39 Å². The second kappa shape index (κ2) is 6.73. The summed E-state index contributed by atoms with van der Waals surface area (Å²) in [5.41, 5.74) is 2.73. The minimum atomic E-state index is -0.123.